The van der Waals surface area contributed by atoms with E-state index in [0.717, 1.165) is 17.1 Å². The lowest BCUT2D eigenvalue weighted by Gasteiger charge is -2.05. The number of carbonyl (C=O) groups is 1. The minimum absolute atomic E-state index is 0.141. The molecule has 5 nitrogen and oxygen atoms in total. The number of nitrogens with two attached hydrogens (primary N) is 2. The number of carbonyl (C=O) groups excluding carboxylic acids is 1. The SMILES string of the molecule is NC(=O)c1c(N)nsc1NCCc1ccc(F)cc1. The lowest BCUT2D eigenvalue weighted by atomic mass is 10.1. The highest BCUT2D eigenvalue weighted by atomic mass is 32.1. The highest BCUT2D eigenvalue weighted by Gasteiger charge is 2.15. The van der Waals surface area contributed by atoms with E-state index in [1.807, 2.05) is 0 Å². The average Bonchev–Trinajstić information content (AvgIpc) is 2.73. The zero-order valence-corrected chi connectivity index (χ0v) is 10.8. The summed E-state index contributed by atoms with van der Waals surface area (Å²) in [6.45, 7) is 0.577. The van der Waals surface area contributed by atoms with E-state index in [9.17, 15) is 9.18 Å². The molecule has 1 heterocycles. The lowest BCUT2D eigenvalue weighted by molar-refractivity contribution is 0.100. The van der Waals surface area contributed by atoms with Crippen LogP contribution in [0.2, 0.25) is 0 Å². The van der Waals surface area contributed by atoms with Crippen molar-refractivity contribution in [1.29, 1.82) is 0 Å². The standard InChI is InChI=1S/C12H13FN4OS/c13-8-3-1-7(2-4-8)5-6-16-12-9(11(15)18)10(14)17-19-12/h1-4,16H,5-6H2,(H2,14,17)(H2,15,18). The molecule has 5 N–H and O–H groups in total. The molecular weight excluding hydrogens is 267 g/mol. The van der Waals surface area contributed by atoms with Crippen molar-refractivity contribution in [1.82, 2.24) is 4.37 Å². The predicted molar refractivity (Wildman–Crippen MR) is 73.6 cm³/mol. The van der Waals surface area contributed by atoms with E-state index < -0.39 is 5.91 Å². The fraction of sp³-hybridized carbons (Fsp3) is 0.167. The first-order valence-corrected chi connectivity index (χ1v) is 6.38. The molecule has 2 rings (SSSR count). The quantitative estimate of drug-likeness (QED) is 0.775. The van der Waals surface area contributed by atoms with Crippen molar-refractivity contribution in [2.45, 2.75) is 6.42 Å². The van der Waals surface area contributed by atoms with Gasteiger partial charge in [-0.25, -0.2) is 4.39 Å². The van der Waals surface area contributed by atoms with Gasteiger partial charge >= 0.3 is 0 Å². The van der Waals surface area contributed by atoms with Crippen molar-refractivity contribution < 1.29 is 9.18 Å². The molecule has 0 aliphatic heterocycles. The molecule has 0 atom stereocenters. The molecule has 1 aromatic heterocycles. The topological polar surface area (TPSA) is 94.0 Å². The van der Waals surface area contributed by atoms with Gasteiger partial charge in [-0.05, 0) is 35.6 Å². The molecule has 0 saturated heterocycles. The molecule has 1 amide bonds. The zero-order valence-electron chi connectivity index (χ0n) is 10.0. The molecular formula is C12H13FN4OS. The van der Waals surface area contributed by atoms with Crippen LogP contribution in [-0.2, 0) is 6.42 Å². The fourth-order valence-electron chi connectivity index (χ4n) is 1.63. The van der Waals surface area contributed by atoms with Crippen molar-refractivity contribution in [3.05, 3.63) is 41.2 Å². The summed E-state index contributed by atoms with van der Waals surface area (Å²) in [4.78, 5) is 11.2. The molecule has 7 heteroatoms. The Labute approximate surface area is 113 Å². The minimum atomic E-state index is -0.601. The Balaban J connectivity index is 1.96. The molecule has 0 spiro atoms. The minimum Gasteiger partial charge on any atom is -0.382 e. The summed E-state index contributed by atoms with van der Waals surface area (Å²) in [6, 6.07) is 6.25. The van der Waals surface area contributed by atoms with E-state index in [1.165, 1.54) is 12.1 Å². The first-order valence-electron chi connectivity index (χ1n) is 5.61. The van der Waals surface area contributed by atoms with Gasteiger partial charge in [-0.1, -0.05) is 12.1 Å². The van der Waals surface area contributed by atoms with Crippen molar-refractivity contribution in [2.24, 2.45) is 5.73 Å². The number of halogens is 1. The van der Waals surface area contributed by atoms with Crippen LogP contribution in [0.25, 0.3) is 0 Å². The molecule has 0 aliphatic rings. The van der Waals surface area contributed by atoms with E-state index >= 15 is 0 Å². The first kappa shape index (κ1) is 13.3. The summed E-state index contributed by atoms with van der Waals surface area (Å²) in [5.74, 6) is -0.722. The molecule has 1 aromatic carbocycles. The number of hydrogen-bond donors (Lipinski definition) is 3. The third-order valence-corrected chi connectivity index (χ3v) is 3.40. The van der Waals surface area contributed by atoms with Gasteiger partial charge in [-0.3, -0.25) is 4.79 Å². The maximum absolute atomic E-state index is 12.7. The molecule has 0 unspecified atom stereocenters. The number of amides is 1. The number of benzene rings is 1. The van der Waals surface area contributed by atoms with Crippen LogP contribution in [0.15, 0.2) is 24.3 Å². The van der Waals surface area contributed by atoms with Gasteiger partial charge in [0.1, 0.15) is 16.4 Å². The number of aromatic nitrogens is 1. The van der Waals surface area contributed by atoms with Gasteiger partial charge in [-0.2, -0.15) is 4.37 Å². The normalized spacial score (nSPS) is 10.4. The Kier molecular flexibility index (Phi) is 3.96. The molecule has 19 heavy (non-hydrogen) atoms. The van der Waals surface area contributed by atoms with Crippen LogP contribution in [0.5, 0.6) is 0 Å². The number of rotatable bonds is 5. The molecule has 0 bridgehead atoms. The molecule has 2 aromatic rings. The number of nitrogens with one attached hydrogen (secondary N) is 1. The summed E-state index contributed by atoms with van der Waals surface area (Å²) in [7, 11) is 0. The van der Waals surface area contributed by atoms with Gasteiger partial charge in [0, 0.05) is 6.54 Å². The van der Waals surface area contributed by atoms with Gasteiger partial charge < -0.3 is 16.8 Å². The number of anilines is 2. The fourth-order valence-corrected chi connectivity index (χ4v) is 2.38. The molecule has 0 saturated carbocycles. The van der Waals surface area contributed by atoms with Crippen molar-refractivity contribution in [2.75, 3.05) is 17.6 Å². The third kappa shape index (κ3) is 3.19. The monoisotopic (exact) mass is 280 g/mol. The van der Waals surface area contributed by atoms with E-state index in [2.05, 4.69) is 9.69 Å². The highest BCUT2D eigenvalue weighted by molar-refractivity contribution is 7.11. The van der Waals surface area contributed by atoms with Crippen LogP contribution in [0.1, 0.15) is 15.9 Å². The second-order valence-electron chi connectivity index (χ2n) is 3.94. The lowest BCUT2D eigenvalue weighted by Crippen LogP contribution is -2.15. The molecule has 100 valence electrons. The first-order chi connectivity index (χ1) is 9.08. The zero-order chi connectivity index (χ0) is 13.8. The Morgan fingerprint density at radius 3 is 2.68 bits per heavy atom. The number of nitrogen functional groups attached to an aromatic ring is 1. The van der Waals surface area contributed by atoms with Gasteiger partial charge in [0.25, 0.3) is 5.91 Å². The van der Waals surface area contributed by atoms with E-state index in [4.69, 9.17) is 11.5 Å². The second-order valence-corrected chi connectivity index (χ2v) is 4.71. The number of nitrogens with zero attached hydrogens (tertiary/aromatic N) is 1. The maximum atomic E-state index is 12.7. The van der Waals surface area contributed by atoms with Gasteiger partial charge in [0.2, 0.25) is 0 Å². The summed E-state index contributed by atoms with van der Waals surface area (Å²) in [5, 5.41) is 3.62. The largest absolute Gasteiger partial charge is 0.382 e. The van der Waals surface area contributed by atoms with Crippen molar-refractivity contribution in [3.63, 3.8) is 0 Å². The Morgan fingerprint density at radius 1 is 1.37 bits per heavy atom. The van der Waals surface area contributed by atoms with Crippen LogP contribution in [0.3, 0.4) is 0 Å². The molecule has 0 aliphatic carbocycles. The summed E-state index contributed by atoms with van der Waals surface area (Å²) < 4.78 is 16.6. The Hall–Kier alpha value is -2.15. The van der Waals surface area contributed by atoms with Crippen molar-refractivity contribution in [3.8, 4) is 0 Å². The summed E-state index contributed by atoms with van der Waals surface area (Å²) in [6.07, 6.45) is 0.691. The number of hydrogen-bond acceptors (Lipinski definition) is 5. The van der Waals surface area contributed by atoms with Gasteiger partial charge in [-0.15, -0.1) is 0 Å². The van der Waals surface area contributed by atoms with Crippen LogP contribution in [0, 0.1) is 5.82 Å². The van der Waals surface area contributed by atoms with Crippen LogP contribution < -0.4 is 16.8 Å². The summed E-state index contributed by atoms with van der Waals surface area (Å²) >= 11 is 1.10. The average molecular weight is 280 g/mol. The maximum Gasteiger partial charge on any atom is 0.255 e. The van der Waals surface area contributed by atoms with Crippen molar-refractivity contribution >= 4 is 28.3 Å². The summed E-state index contributed by atoms with van der Waals surface area (Å²) in [5.41, 5.74) is 12.0. The Bertz CT molecular complexity index is 582. The molecule has 0 radical (unpaired) electrons. The molecule has 0 fully saturated rings. The van der Waals surface area contributed by atoms with E-state index in [-0.39, 0.29) is 17.2 Å². The predicted octanol–water partition coefficient (Wildman–Crippen LogP) is 1.62. The smallest absolute Gasteiger partial charge is 0.255 e. The highest BCUT2D eigenvalue weighted by Crippen LogP contribution is 2.25. The van der Waals surface area contributed by atoms with E-state index in [0.29, 0.717) is 18.0 Å². The third-order valence-electron chi connectivity index (χ3n) is 2.58. The van der Waals surface area contributed by atoms with Gasteiger partial charge in [0.15, 0.2) is 5.82 Å². The van der Waals surface area contributed by atoms with Crippen LogP contribution >= 0.6 is 11.5 Å². The van der Waals surface area contributed by atoms with Crippen LogP contribution in [0.4, 0.5) is 15.2 Å². The Morgan fingerprint density at radius 2 is 2.05 bits per heavy atom. The van der Waals surface area contributed by atoms with Crippen LogP contribution in [-0.4, -0.2) is 16.8 Å². The van der Waals surface area contributed by atoms with Gasteiger partial charge in [0.05, 0.1) is 0 Å². The van der Waals surface area contributed by atoms with E-state index in [1.54, 1.807) is 12.1 Å². The second kappa shape index (κ2) is 5.66. The number of primary amides is 1.